The van der Waals surface area contributed by atoms with E-state index < -0.39 is 0 Å². The highest BCUT2D eigenvalue weighted by Crippen LogP contribution is 2.14. The number of nitrogens with one attached hydrogen (secondary N) is 2. The Balaban J connectivity index is 4.13. The highest BCUT2D eigenvalue weighted by atomic mass is 16.5. The first-order chi connectivity index (χ1) is 8.55. The van der Waals surface area contributed by atoms with Gasteiger partial charge in [0.2, 0.25) is 5.91 Å². The number of amides is 1. The summed E-state index contributed by atoms with van der Waals surface area (Å²) in [5.41, 5.74) is -0.358. The summed E-state index contributed by atoms with van der Waals surface area (Å²) in [5.74, 6) is -0.0363. The second kappa shape index (κ2) is 9.30. The lowest BCUT2D eigenvalue weighted by atomic mass is 9.93. The fourth-order valence-electron chi connectivity index (χ4n) is 1.83. The summed E-state index contributed by atoms with van der Waals surface area (Å²) in [6, 6.07) is -0.306. The monoisotopic (exact) mass is 260 g/mol. The Hall–Kier alpha value is -0.650. The average molecular weight is 260 g/mol. The predicted octanol–water partition coefficient (Wildman–Crippen LogP) is 0.668. The number of carbonyl (C=O) groups is 1. The van der Waals surface area contributed by atoms with Gasteiger partial charge in [-0.2, -0.15) is 0 Å². The Morgan fingerprint density at radius 2 is 2.00 bits per heavy atom. The van der Waals surface area contributed by atoms with Crippen LogP contribution in [0.25, 0.3) is 0 Å². The van der Waals surface area contributed by atoms with Crippen molar-refractivity contribution < 1.29 is 14.6 Å². The molecular formula is C13H28N2O3. The van der Waals surface area contributed by atoms with Gasteiger partial charge in [0.25, 0.3) is 0 Å². The Kier molecular flexibility index (Phi) is 8.97. The van der Waals surface area contributed by atoms with Gasteiger partial charge in [0.1, 0.15) is 0 Å². The molecule has 0 aromatic carbocycles. The molecule has 0 aliphatic carbocycles. The van der Waals surface area contributed by atoms with Crippen LogP contribution in [-0.2, 0) is 9.53 Å². The molecule has 18 heavy (non-hydrogen) atoms. The van der Waals surface area contributed by atoms with Crippen LogP contribution >= 0.6 is 0 Å². The zero-order chi connectivity index (χ0) is 14.0. The molecule has 0 radical (unpaired) electrons. The van der Waals surface area contributed by atoms with E-state index in [1.807, 2.05) is 20.8 Å². The third kappa shape index (κ3) is 5.80. The molecule has 3 N–H and O–H groups in total. The minimum absolute atomic E-state index is 0.0363. The molecule has 1 unspecified atom stereocenters. The number of aliphatic hydroxyl groups excluding tert-OH is 1. The van der Waals surface area contributed by atoms with Gasteiger partial charge in [-0.1, -0.05) is 13.8 Å². The summed E-state index contributed by atoms with van der Waals surface area (Å²) in [6.45, 7) is 7.14. The Morgan fingerprint density at radius 1 is 1.39 bits per heavy atom. The van der Waals surface area contributed by atoms with Crippen molar-refractivity contribution in [3.05, 3.63) is 0 Å². The predicted molar refractivity (Wildman–Crippen MR) is 72.5 cm³/mol. The number of aliphatic hydroxyl groups is 1. The van der Waals surface area contributed by atoms with Crippen LogP contribution in [0.4, 0.5) is 0 Å². The molecule has 0 saturated heterocycles. The smallest absolute Gasteiger partial charge is 0.236 e. The van der Waals surface area contributed by atoms with Crippen LogP contribution in [0.15, 0.2) is 0 Å². The molecule has 0 aliphatic rings. The molecule has 108 valence electrons. The fraction of sp³-hybridized carbons (Fsp3) is 0.923. The first-order valence-electron chi connectivity index (χ1n) is 6.70. The van der Waals surface area contributed by atoms with Crippen molar-refractivity contribution in [2.24, 2.45) is 0 Å². The quantitative estimate of drug-likeness (QED) is 0.505. The molecule has 1 amide bonds. The van der Waals surface area contributed by atoms with Crippen LogP contribution in [0, 0.1) is 0 Å². The van der Waals surface area contributed by atoms with Gasteiger partial charge in [-0.3, -0.25) is 10.1 Å². The van der Waals surface area contributed by atoms with Crippen molar-refractivity contribution in [3.63, 3.8) is 0 Å². The molecule has 0 aliphatic heterocycles. The van der Waals surface area contributed by atoms with Crippen molar-refractivity contribution in [2.45, 2.75) is 51.6 Å². The van der Waals surface area contributed by atoms with Crippen LogP contribution in [0.2, 0.25) is 0 Å². The van der Waals surface area contributed by atoms with Crippen molar-refractivity contribution in [3.8, 4) is 0 Å². The number of methoxy groups -OCH3 is 1. The summed E-state index contributed by atoms with van der Waals surface area (Å²) < 4.78 is 4.92. The van der Waals surface area contributed by atoms with Gasteiger partial charge in [-0.25, -0.2) is 0 Å². The van der Waals surface area contributed by atoms with Gasteiger partial charge < -0.3 is 15.2 Å². The van der Waals surface area contributed by atoms with E-state index in [0.717, 1.165) is 19.3 Å². The Morgan fingerprint density at radius 3 is 2.44 bits per heavy atom. The number of carbonyl (C=O) groups excluding carboxylic acids is 1. The van der Waals surface area contributed by atoms with E-state index in [1.165, 1.54) is 0 Å². The molecule has 5 heteroatoms. The SMILES string of the molecule is CCC(CC)(CO)NC(C)C(=O)NCCCOC. The van der Waals surface area contributed by atoms with Crippen molar-refractivity contribution in [2.75, 3.05) is 26.9 Å². The van der Waals surface area contributed by atoms with Crippen LogP contribution in [0.3, 0.4) is 0 Å². The minimum Gasteiger partial charge on any atom is -0.394 e. The third-order valence-electron chi connectivity index (χ3n) is 3.40. The molecule has 1 atom stereocenters. The first kappa shape index (κ1) is 17.4. The topological polar surface area (TPSA) is 70.6 Å². The normalized spacial score (nSPS) is 13.4. The second-order valence-corrected chi connectivity index (χ2v) is 4.65. The van der Waals surface area contributed by atoms with Crippen LogP contribution in [0.1, 0.15) is 40.0 Å². The van der Waals surface area contributed by atoms with Crippen LogP contribution < -0.4 is 10.6 Å². The van der Waals surface area contributed by atoms with Crippen molar-refractivity contribution in [1.29, 1.82) is 0 Å². The molecule has 5 nitrogen and oxygen atoms in total. The van der Waals surface area contributed by atoms with Gasteiger partial charge in [0, 0.05) is 25.8 Å². The largest absolute Gasteiger partial charge is 0.394 e. The lowest BCUT2D eigenvalue weighted by molar-refractivity contribution is -0.123. The number of hydrogen-bond acceptors (Lipinski definition) is 4. The van der Waals surface area contributed by atoms with E-state index in [0.29, 0.717) is 13.2 Å². The third-order valence-corrected chi connectivity index (χ3v) is 3.40. The van der Waals surface area contributed by atoms with Crippen LogP contribution in [-0.4, -0.2) is 49.5 Å². The summed E-state index contributed by atoms with van der Waals surface area (Å²) in [4.78, 5) is 11.8. The molecule has 0 fully saturated rings. The van der Waals surface area contributed by atoms with E-state index in [9.17, 15) is 9.90 Å². The fourth-order valence-corrected chi connectivity index (χ4v) is 1.83. The highest BCUT2D eigenvalue weighted by molar-refractivity contribution is 5.81. The lowest BCUT2D eigenvalue weighted by Gasteiger charge is -2.33. The van der Waals surface area contributed by atoms with Gasteiger partial charge in [-0.05, 0) is 26.2 Å². The zero-order valence-corrected chi connectivity index (χ0v) is 12.1. The van der Waals surface area contributed by atoms with Gasteiger partial charge in [-0.15, -0.1) is 0 Å². The van der Waals surface area contributed by atoms with Crippen molar-refractivity contribution >= 4 is 5.91 Å². The summed E-state index contributed by atoms with van der Waals surface area (Å²) >= 11 is 0. The lowest BCUT2D eigenvalue weighted by Crippen LogP contribution is -2.56. The van der Waals surface area contributed by atoms with Crippen LogP contribution in [0.5, 0.6) is 0 Å². The van der Waals surface area contributed by atoms with Gasteiger partial charge in [0.05, 0.1) is 12.6 Å². The molecule has 0 spiro atoms. The molecule has 0 aromatic rings. The number of rotatable bonds is 10. The number of ether oxygens (including phenoxy) is 1. The summed E-state index contributed by atoms with van der Waals surface area (Å²) in [6.07, 6.45) is 2.39. The van der Waals surface area contributed by atoms with E-state index in [2.05, 4.69) is 10.6 Å². The highest BCUT2D eigenvalue weighted by Gasteiger charge is 2.28. The standard InChI is InChI=1S/C13H28N2O3/c1-5-13(6-2,10-16)15-11(3)12(17)14-8-7-9-18-4/h11,15-16H,5-10H2,1-4H3,(H,14,17). The van der Waals surface area contributed by atoms with Gasteiger partial charge >= 0.3 is 0 Å². The maximum atomic E-state index is 11.8. The van der Waals surface area contributed by atoms with Crippen molar-refractivity contribution in [1.82, 2.24) is 10.6 Å². The Labute approximate surface area is 110 Å². The average Bonchev–Trinajstić information content (AvgIpc) is 2.40. The minimum atomic E-state index is -0.358. The summed E-state index contributed by atoms with van der Waals surface area (Å²) in [7, 11) is 1.64. The van der Waals surface area contributed by atoms with E-state index in [-0.39, 0.29) is 24.1 Å². The molecule has 0 rings (SSSR count). The molecule has 0 heterocycles. The molecule has 0 aromatic heterocycles. The zero-order valence-electron chi connectivity index (χ0n) is 12.1. The molecule has 0 saturated carbocycles. The Bertz CT molecular complexity index is 222. The molecular weight excluding hydrogens is 232 g/mol. The maximum absolute atomic E-state index is 11.8. The van der Waals surface area contributed by atoms with E-state index >= 15 is 0 Å². The number of hydrogen-bond donors (Lipinski definition) is 3. The van der Waals surface area contributed by atoms with Gasteiger partial charge in [0.15, 0.2) is 0 Å². The maximum Gasteiger partial charge on any atom is 0.236 e. The van der Waals surface area contributed by atoms with E-state index in [4.69, 9.17) is 4.74 Å². The van der Waals surface area contributed by atoms with E-state index in [1.54, 1.807) is 7.11 Å². The molecule has 0 bridgehead atoms. The second-order valence-electron chi connectivity index (χ2n) is 4.65. The summed E-state index contributed by atoms with van der Waals surface area (Å²) in [5, 5.41) is 15.5. The first-order valence-corrected chi connectivity index (χ1v) is 6.70.